The van der Waals surface area contributed by atoms with Gasteiger partial charge in [0.15, 0.2) is 0 Å². The van der Waals surface area contributed by atoms with Crippen LogP contribution in [0.4, 0.5) is 5.95 Å². The monoisotopic (exact) mass is 342 g/mol. The smallest absolute Gasteiger partial charge is 0.254 e. The maximum Gasteiger partial charge on any atom is 0.254 e. The average molecular weight is 342 g/mol. The quantitative estimate of drug-likeness (QED) is 0.600. The molecule has 0 saturated heterocycles. The molecule has 1 amide bonds. The summed E-state index contributed by atoms with van der Waals surface area (Å²) >= 11 is 0. The normalized spacial score (nSPS) is 19.0. The van der Waals surface area contributed by atoms with E-state index in [1.165, 1.54) is 69.8 Å². The molecule has 0 spiro atoms. The molecule has 2 aliphatic carbocycles. The number of hydrogen-bond acceptors (Lipinski definition) is 4. The van der Waals surface area contributed by atoms with Gasteiger partial charge in [-0.3, -0.25) is 4.79 Å². The lowest BCUT2D eigenvalue weighted by atomic mass is 9.97. The van der Waals surface area contributed by atoms with Gasteiger partial charge in [-0.15, -0.1) is 0 Å². The Morgan fingerprint density at radius 1 is 1.04 bits per heavy atom. The Balaban J connectivity index is 1.44. The molecule has 0 unspecified atom stereocenters. The Labute approximate surface area is 150 Å². The third kappa shape index (κ3) is 5.83. The summed E-state index contributed by atoms with van der Waals surface area (Å²) in [5.41, 5.74) is 2.01. The largest absolute Gasteiger partial charge is 0.352 e. The summed E-state index contributed by atoms with van der Waals surface area (Å²) in [4.78, 5) is 20.9. The summed E-state index contributed by atoms with van der Waals surface area (Å²) in [6.07, 6.45) is 19.0. The van der Waals surface area contributed by atoms with Crippen molar-refractivity contribution in [2.75, 3.05) is 11.9 Å². The van der Waals surface area contributed by atoms with Crippen molar-refractivity contribution in [1.82, 2.24) is 15.3 Å². The van der Waals surface area contributed by atoms with E-state index in [9.17, 15) is 4.79 Å². The average Bonchev–Trinajstić information content (AvgIpc) is 2.92. The summed E-state index contributed by atoms with van der Waals surface area (Å²) in [7, 11) is 0. The highest BCUT2D eigenvalue weighted by Crippen LogP contribution is 2.20. The van der Waals surface area contributed by atoms with Gasteiger partial charge < -0.3 is 10.6 Å². The van der Waals surface area contributed by atoms with Crippen molar-refractivity contribution in [2.45, 2.75) is 76.7 Å². The van der Waals surface area contributed by atoms with Gasteiger partial charge in [0.05, 0.1) is 5.56 Å². The molecular formula is C20H30N4O. The van der Waals surface area contributed by atoms with Gasteiger partial charge in [0.2, 0.25) is 5.95 Å². The van der Waals surface area contributed by atoms with Gasteiger partial charge in [-0.1, -0.05) is 37.3 Å². The number of carbonyl (C=O) groups is 1. The molecule has 1 aromatic rings. The molecule has 136 valence electrons. The van der Waals surface area contributed by atoms with Crippen LogP contribution < -0.4 is 10.6 Å². The molecule has 1 aromatic heterocycles. The van der Waals surface area contributed by atoms with E-state index in [0.29, 0.717) is 24.1 Å². The van der Waals surface area contributed by atoms with Crippen LogP contribution in [0, 0.1) is 0 Å². The molecule has 0 aliphatic heterocycles. The van der Waals surface area contributed by atoms with Gasteiger partial charge in [-0.25, -0.2) is 9.97 Å². The van der Waals surface area contributed by atoms with Gasteiger partial charge in [0.25, 0.3) is 5.91 Å². The maximum absolute atomic E-state index is 12.2. The molecule has 5 heteroatoms. The Morgan fingerprint density at radius 3 is 2.48 bits per heavy atom. The Hall–Kier alpha value is -1.91. The first-order valence-electron chi connectivity index (χ1n) is 9.86. The molecule has 2 aliphatic rings. The molecule has 3 rings (SSSR count). The lowest BCUT2D eigenvalue weighted by Gasteiger charge is -2.16. The molecule has 1 saturated carbocycles. The van der Waals surface area contributed by atoms with Crippen molar-refractivity contribution in [3.63, 3.8) is 0 Å². The van der Waals surface area contributed by atoms with Crippen molar-refractivity contribution < 1.29 is 4.79 Å². The highest BCUT2D eigenvalue weighted by molar-refractivity contribution is 5.93. The first-order chi connectivity index (χ1) is 12.3. The van der Waals surface area contributed by atoms with Crippen molar-refractivity contribution >= 4 is 11.9 Å². The number of amides is 1. The van der Waals surface area contributed by atoms with Crippen LogP contribution in [0.3, 0.4) is 0 Å². The minimum atomic E-state index is -0.0857. The first kappa shape index (κ1) is 17.9. The van der Waals surface area contributed by atoms with Crippen LogP contribution >= 0.6 is 0 Å². The van der Waals surface area contributed by atoms with Gasteiger partial charge in [0, 0.05) is 25.0 Å². The maximum atomic E-state index is 12.2. The van der Waals surface area contributed by atoms with E-state index < -0.39 is 0 Å². The molecule has 1 heterocycles. The topological polar surface area (TPSA) is 66.9 Å². The van der Waals surface area contributed by atoms with E-state index in [1.54, 1.807) is 12.4 Å². The number of allylic oxidation sites excluding steroid dienone is 1. The lowest BCUT2D eigenvalue weighted by Crippen LogP contribution is -2.25. The second kappa shape index (κ2) is 9.54. The zero-order valence-corrected chi connectivity index (χ0v) is 15.1. The molecule has 1 fully saturated rings. The van der Waals surface area contributed by atoms with Crippen molar-refractivity contribution in [3.8, 4) is 0 Å². The van der Waals surface area contributed by atoms with Crippen LogP contribution in [-0.2, 0) is 0 Å². The first-order valence-corrected chi connectivity index (χ1v) is 9.86. The summed E-state index contributed by atoms with van der Waals surface area (Å²) in [5, 5.41) is 6.39. The van der Waals surface area contributed by atoms with Gasteiger partial charge >= 0.3 is 0 Å². The molecule has 0 atom stereocenters. The minimum absolute atomic E-state index is 0.0857. The number of aromatic nitrogens is 2. The standard InChI is InChI=1S/C20H30N4O/c25-19(21-13-12-16-8-4-3-5-9-16)17-14-22-20(23-15-17)24-18-10-6-1-2-7-11-18/h8,14-15,18H,1-7,9-13H2,(H,21,25)(H,22,23,24). The van der Waals surface area contributed by atoms with E-state index in [0.717, 1.165) is 6.42 Å². The SMILES string of the molecule is O=C(NCCC1=CCCCC1)c1cnc(NC2CCCCCC2)nc1. The second-order valence-corrected chi connectivity index (χ2v) is 7.24. The fourth-order valence-electron chi connectivity index (χ4n) is 3.70. The van der Waals surface area contributed by atoms with Crippen LogP contribution in [0.5, 0.6) is 0 Å². The second-order valence-electron chi connectivity index (χ2n) is 7.24. The van der Waals surface area contributed by atoms with Crippen LogP contribution in [0.15, 0.2) is 24.0 Å². The van der Waals surface area contributed by atoms with Gasteiger partial charge in [-0.05, 0) is 44.9 Å². The fraction of sp³-hybridized carbons (Fsp3) is 0.650. The summed E-state index contributed by atoms with van der Waals surface area (Å²) in [5.74, 6) is 0.549. The lowest BCUT2D eigenvalue weighted by molar-refractivity contribution is 0.0953. The highest BCUT2D eigenvalue weighted by Gasteiger charge is 2.14. The van der Waals surface area contributed by atoms with E-state index >= 15 is 0 Å². The molecule has 25 heavy (non-hydrogen) atoms. The predicted molar refractivity (Wildman–Crippen MR) is 101 cm³/mol. The summed E-state index contributed by atoms with van der Waals surface area (Å²) in [6.45, 7) is 0.687. The zero-order chi connectivity index (χ0) is 17.3. The fourth-order valence-corrected chi connectivity index (χ4v) is 3.70. The third-order valence-electron chi connectivity index (χ3n) is 5.22. The highest BCUT2D eigenvalue weighted by atomic mass is 16.1. The number of nitrogens with zero attached hydrogens (tertiary/aromatic N) is 2. The Kier molecular flexibility index (Phi) is 6.83. The number of anilines is 1. The van der Waals surface area contributed by atoms with Crippen LogP contribution in [0.1, 0.15) is 81.0 Å². The molecular weight excluding hydrogens is 312 g/mol. The van der Waals surface area contributed by atoms with E-state index in [2.05, 4.69) is 26.7 Å². The Morgan fingerprint density at radius 2 is 1.80 bits per heavy atom. The van der Waals surface area contributed by atoms with E-state index in [1.807, 2.05) is 0 Å². The molecule has 2 N–H and O–H groups in total. The van der Waals surface area contributed by atoms with Gasteiger partial charge in [-0.2, -0.15) is 0 Å². The van der Waals surface area contributed by atoms with Crippen molar-refractivity contribution in [1.29, 1.82) is 0 Å². The third-order valence-corrected chi connectivity index (χ3v) is 5.22. The molecule has 5 nitrogen and oxygen atoms in total. The van der Waals surface area contributed by atoms with Crippen molar-refractivity contribution in [3.05, 3.63) is 29.6 Å². The summed E-state index contributed by atoms with van der Waals surface area (Å²) in [6, 6.07) is 0.464. The number of hydrogen-bond donors (Lipinski definition) is 2. The zero-order valence-electron chi connectivity index (χ0n) is 15.1. The van der Waals surface area contributed by atoms with Gasteiger partial charge in [0.1, 0.15) is 0 Å². The minimum Gasteiger partial charge on any atom is -0.352 e. The molecule has 0 aromatic carbocycles. The number of carbonyl (C=O) groups excluding carboxylic acids is 1. The van der Waals surface area contributed by atoms with Crippen LogP contribution in [-0.4, -0.2) is 28.5 Å². The number of nitrogens with one attached hydrogen (secondary N) is 2. The summed E-state index contributed by atoms with van der Waals surface area (Å²) < 4.78 is 0. The number of rotatable bonds is 6. The predicted octanol–water partition coefficient (Wildman–Crippen LogP) is 4.23. The van der Waals surface area contributed by atoms with E-state index in [-0.39, 0.29) is 5.91 Å². The van der Waals surface area contributed by atoms with E-state index in [4.69, 9.17) is 0 Å². The van der Waals surface area contributed by atoms with Crippen LogP contribution in [0.2, 0.25) is 0 Å². The van der Waals surface area contributed by atoms with Crippen molar-refractivity contribution in [2.24, 2.45) is 0 Å². The molecule has 0 radical (unpaired) electrons. The molecule has 0 bridgehead atoms. The van der Waals surface area contributed by atoms with Crippen LogP contribution in [0.25, 0.3) is 0 Å². The Bertz CT molecular complexity index is 574.